The number of hydrazine groups is 1. The Labute approximate surface area is 143 Å². The lowest BCUT2D eigenvalue weighted by Crippen LogP contribution is -2.41. The molecule has 0 aliphatic heterocycles. The number of aryl methyl sites for hydroxylation is 1. The number of para-hydroxylation sites is 1. The Kier molecular flexibility index (Phi) is 4.61. The molecule has 25 heavy (non-hydrogen) atoms. The number of carbonyl (C=O) groups excluding carboxylic acids is 2. The molecule has 126 valence electrons. The fourth-order valence-electron chi connectivity index (χ4n) is 2.35. The number of carbonyl (C=O) groups is 2. The average Bonchev–Trinajstić information content (AvgIpc) is 2.65. The van der Waals surface area contributed by atoms with Crippen molar-refractivity contribution in [3.8, 4) is 0 Å². The van der Waals surface area contributed by atoms with E-state index in [1.807, 2.05) is 19.1 Å². The van der Waals surface area contributed by atoms with E-state index in [9.17, 15) is 14.4 Å². The Bertz CT molecular complexity index is 990. The summed E-state index contributed by atoms with van der Waals surface area (Å²) in [5.74, 6) is -1.34. The van der Waals surface area contributed by atoms with Crippen LogP contribution in [0, 0.1) is 0 Å². The zero-order valence-corrected chi connectivity index (χ0v) is 13.5. The average molecular weight is 336 g/mol. The summed E-state index contributed by atoms with van der Waals surface area (Å²) < 4.78 is 5.41. The first-order chi connectivity index (χ1) is 12.1. The third kappa shape index (κ3) is 3.58. The standard InChI is InChI=1S/C19H16N2O4/c1-2-12-7-9-13(10-8-12)18(23)20-21-19(24)17-11-15(22)14-5-3-4-6-16(14)25-17/h3-11H,2H2,1H3,(H,20,23)(H,21,24). The summed E-state index contributed by atoms with van der Waals surface area (Å²) in [6.07, 6.45) is 0.875. The van der Waals surface area contributed by atoms with E-state index in [1.54, 1.807) is 36.4 Å². The fourth-order valence-corrected chi connectivity index (χ4v) is 2.35. The van der Waals surface area contributed by atoms with Gasteiger partial charge >= 0.3 is 5.91 Å². The van der Waals surface area contributed by atoms with Gasteiger partial charge in [-0.1, -0.05) is 31.2 Å². The molecule has 0 unspecified atom stereocenters. The fraction of sp³-hybridized carbons (Fsp3) is 0.105. The van der Waals surface area contributed by atoms with Crippen molar-refractivity contribution in [3.63, 3.8) is 0 Å². The molecule has 0 atom stereocenters. The predicted octanol–water partition coefficient (Wildman–Crippen LogP) is 2.43. The van der Waals surface area contributed by atoms with E-state index in [-0.39, 0.29) is 11.2 Å². The SMILES string of the molecule is CCc1ccc(C(=O)NNC(=O)c2cc(=O)c3ccccc3o2)cc1. The number of rotatable bonds is 3. The van der Waals surface area contributed by atoms with Crippen LogP contribution in [-0.4, -0.2) is 11.8 Å². The van der Waals surface area contributed by atoms with Gasteiger partial charge in [0.2, 0.25) is 0 Å². The Morgan fingerprint density at radius 1 is 0.960 bits per heavy atom. The van der Waals surface area contributed by atoms with Gasteiger partial charge in [-0.25, -0.2) is 0 Å². The molecule has 2 N–H and O–H groups in total. The predicted molar refractivity (Wildman–Crippen MR) is 93.2 cm³/mol. The van der Waals surface area contributed by atoms with E-state index in [2.05, 4.69) is 10.9 Å². The molecule has 1 heterocycles. The van der Waals surface area contributed by atoms with Crippen LogP contribution < -0.4 is 16.3 Å². The van der Waals surface area contributed by atoms with Crippen molar-refractivity contribution in [2.24, 2.45) is 0 Å². The van der Waals surface area contributed by atoms with E-state index >= 15 is 0 Å². The van der Waals surface area contributed by atoms with Gasteiger partial charge in [0.1, 0.15) is 5.58 Å². The maximum atomic E-state index is 12.1. The number of benzene rings is 2. The minimum Gasteiger partial charge on any atom is -0.451 e. The monoisotopic (exact) mass is 336 g/mol. The lowest BCUT2D eigenvalue weighted by molar-refractivity contribution is 0.0831. The third-order valence-corrected chi connectivity index (χ3v) is 3.77. The van der Waals surface area contributed by atoms with Gasteiger partial charge in [0.05, 0.1) is 5.39 Å². The largest absolute Gasteiger partial charge is 0.451 e. The van der Waals surface area contributed by atoms with Crippen molar-refractivity contribution in [3.05, 3.63) is 81.7 Å². The van der Waals surface area contributed by atoms with Crippen LogP contribution in [0.2, 0.25) is 0 Å². The molecule has 0 saturated heterocycles. The third-order valence-electron chi connectivity index (χ3n) is 3.77. The molecule has 0 bridgehead atoms. The molecule has 0 aliphatic carbocycles. The van der Waals surface area contributed by atoms with Gasteiger partial charge in [0.25, 0.3) is 5.91 Å². The molecule has 3 rings (SSSR count). The maximum absolute atomic E-state index is 12.1. The van der Waals surface area contributed by atoms with Crippen LogP contribution >= 0.6 is 0 Å². The Balaban J connectivity index is 1.71. The molecular weight excluding hydrogens is 320 g/mol. The number of hydrogen-bond donors (Lipinski definition) is 2. The van der Waals surface area contributed by atoms with Crippen molar-refractivity contribution >= 4 is 22.8 Å². The highest BCUT2D eigenvalue weighted by Crippen LogP contribution is 2.11. The summed E-state index contributed by atoms with van der Waals surface area (Å²) in [7, 11) is 0. The Hall–Kier alpha value is -3.41. The topological polar surface area (TPSA) is 88.4 Å². The van der Waals surface area contributed by atoms with Crippen LogP contribution in [0.3, 0.4) is 0 Å². The first-order valence-electron chi connectivity index (χ1n) is 7.81. The van der Waals surface area contributed by atoms with Crippen molar-refractivity contribution in [2.75, 3.05) is 0 Å². The second-order valence-electron chi connectivity index (χ2n) is 5.43. The highest BCUT2D eigenvalue weighted by atomic mass is 16.3. The van der Waals surface area contributed by atoms with E-state index < -0.39 is 11.8 Å². The van der Waals surface area contributed by atoms with Crippen LogP contribution in [-0.2, 0) is 6.42 Å². The summed E-state index contributed by atoms with van der Waals surface area (Å²) in [5.41, 5.74) is 6.05. The Morgan fingerprint density at radius 2 is 1.64 bits per heavy atom. The molecule has 2 aromatic carbocycles. The van der Waals surface area contributed by atoms with Gasteiger partial charge in [0, 0.05) is 11.6 Å². The van der Waals surface area contributed by atoms with Gasteiger partial charge in [-0.05, 0) is 36.2 Å². The van der Waals surface area contributed by atoms with Gasteiger partial charge in [-0.2, -0.15) is 0 Å². The second-order valence-corrected chi connectivity index (χ2v) is 5.43. The lowest BCUT2D eigenvalue weighted by Gasteiger charge is -2.08. The van der Waals surface area contributed by atoms with Crippen molar-refractivity contribution in [1.82, 2.24) is 10.9 Å². The second kappa shape index (κ2) is 7.00. The first-order valence-corrected chi connectivity index (χ1v) is 7.81. The quantitative estimate of drug-likeness (QED) is 0.719. The molecule has 1 aromatic heterocycles. The molecule has 0 fully saturated rings. The molecule has 2 amide bonds. The van der Waals surface area contributed by atoms with E-state index in [0.717, 1.165) is 18.1 Å². The molecule has 0 spiro atoms. The van der Waals surface area contributed by atoms with Gasteiger partial charge < -0.3 is 4.42 Å². The molecular formula is C19H16N2O4. The highest BCUT2D eigenvalue weighted by Gasteiger charge is 2.13. The molecule has 3 aromatic rings. The van der Waals surface area contributed by atoms with Crippen LogP contribution in [0.5, 0.6) is 0 Å². The zero-order valence-electron chi connectivity index (χ0n) is 13.5. The number of amides is 2. The van der Waals surface area contributed by atoms with Gasteiger partial charge in [-0.3, -0.25) is 25.2 Å². The maximum Gasteiger partial charge on any atom is 0.305 e. The molecule has 0 aliphatic rings. The van der Waals surface area contributed by atoms with E-state index in [4.69, 9.17) is 4.42 Å². The van der Waals surface area contributed by atoms with E-state index in [0.29, 0.717) is 16.5 Å². The van der Waals surface area contributed by atoms with E-state index in [1.165, 1.54) is 0 Å². The molecule has 6 heteroatoms. The van der Waals surface area contributed by atoms with Crippen LogP contribution in [0.1, 0.15) is 33.4 Å². The number of nitrogens with one attached hydrogen (secondary N) is 2. The first kappa shape index (κ1) is 16.4. The van der Waals surface area contributed by atoms with Crippen LogP contribution in [0.25, 0.3) is 11.0 Å². The van der Waals surface area contributed by atoms with Crippen LogP contribution in [0.4, 0.5) is 0 Å². The van der Waals surface area contributed by atoms with Gasteiger partial charge in [0.15, 0.2) is 11.2 Å². The normalized spacial score (nSPS) is 10.4. The highest BCUT2D eigenvalue weighted by molar-refractivity contribution is 5.98. The Morgan fingerprint density at radius 3 is 2.36 bits per heavy atom. The number of fused-ring (bicyclic) bond motifs is 1. The molecule has 6 nitrogen and oxygen atoms in total. The summed E-state index contributed by atoms with van der Waals surface area (Å²) >= 11 is 0. The van der Waals surface area contributed by atoms with Crippen molar-refractivity contribution in [2.45, 2.75) is 13.3 Å². The molecule has 0 radical (unpaired) electrons. The summed E-state index contributed by atoms with van der Waals surface area (Å²) in [6.45, 7) is 2.02. The van der Waals surface area contributed by atoms with Gasteiger partial charge in [-0.15, -0.1) is 0 Å². The smallest absolute Gasteiger partial charge is 0.305 e. The minimum atomic E-state index is -0.707. The zero-order chi connectivity index (χ0) is 17.8. The van der Waals surface area contributed by atoms with Crippen LogP contribution in [0.15, 0.2) is 63.8 Å². The minimum absolute atomic E-state index is 0.176. The summed E-state index contributed by atoms with van der Waals surface area (Å²) in [4.78, 5) is 36.2. The number of hydrogen-bond acceptors (Lipinski definition) is 4. The summed E-state index contributed by atoms with van der Waals surface area (Å²) in [5, 5.41) is 0.388. The lowest BCUT2D eigenvalue weighted by atomic mass is 10.1. The summed E-state index contributed by atoms with van der Waals surface area (Å²) in [6, 6.07) is 14.8. The molecule has 0 saturated carbocycles. The van der Waals surface area contributed by atoms with Crippen molar-refractivity contribution < 1.29 is 14.0 Å². The van der Waals surface area contributed by atoms with Crippen molar-refractivity contribution in [1.29, 1.82) is 0 Å².